The van der Waals surface area contributed by atoms with Crippen molar-refractivity contribution < 1.29 is 4.43 Å². The minimum absolute atomic E-state index is 0.259. The van der Waals surface area contributed by atoms with Gasteiger partial charge < -0.3 is 9.33 Å². The van der Waals surface area contributed by atoms with E-state index in [1.165, 1.54) is 12.8 Å². The molecule has 0 spiro atoms. The number of hydrogen-bond acceptors (Lipinski definition) is 4. The smallest absolute Gasteiger partial charge is 0.191 e. The van der Waals surface area contributed by atoms with Crippen LogP contribution in [-0.4, -0.2) is 38.0 Å². The molecule has 1 unspecified atom stereocenters. The number of aromatic nitrogens is 2. The van der Waals surface area contributed by atoms with Gasteiger partial charge >= 0.3 is 0 Å². The molecule has 2 heterocycles. The highest BCUT2D eigenvalue weighted by Crippen LogP contribution is 2.37. The van der Waals surface area contributed by atoms with E-state index in [1.54, 1.807) is 0 Å². The van der Waals surface area contributed by atoms with Crippen LogP contribution in [0.3, 0.4) is 0 Å². The number of benzene rings is 2. The summed E-state index contributed by atoms with van der Waals surface area (Å²) in [5.41, 5.74) is 4.09. The van der Waals surface area contributed by atoms with Gasteiger partial charge in [0.2, 0.25) is 0 Å². The lowest BCUT2D eigenvalue weighted by molar-refractivity contribution is 0.243. The van der Waals surface area contributed by atoms with Gasteiger partial charge in [0.1, 0.15) is 5.82 Å². The maximum atomic E-state index is 6.47. The molecule has 3 aromatic rings. The van der Waals surface area contributed by atoms with Crippen molar-refractivity contribution in [3.8, 4) is 22.5 Å². The molecule has 1 aromatic heterocycles. The fraction of sp³-hybridized carbons (Fsp3) is 0.448. The molecule has 1 saturated heterocycles. The SMILES string of the molecule is CC(C)(C)[Si](C)(C)OCCC1CCCN(c2cnc(-c3ccccc3)c(-c3ccccc3)n2)C1. The minimum atomic E-state index is -1.69. The fourth-order valence-corrected chi connectivity index (χ4v) is 5.40. The van der Waals surface area contributed by atoms with Crippen molar-refractivity contribution in [3.05, 3.63) is 66.9 Å². The van der Waals surface area contributed by atoms with Gasteiger partial charge in [-0.1, -0.05) is 81.4 Å². The maximum absolute atomic E-state index is 6.47. The summed E-state index contributed by atoms with van der Waals surface area (Å²) >= 11 is 0. The molecule has 4 nitrogen and oxygen atoms in total. The fourth-order valence-electron chi connectivity index (χ4n) is 4.34. The van der Waals surface area contributed by atoms with Crippen molar-refractivity contribution >= 4 is 14.1 Å². The van der Waals surface area contributed by atoms with E-state index in [0.29, 0.717) is 5.92 Å². The van der Waals surface area contributed by atoms with Gasteiger partial charge in [0.25, 0.3) is 0 Å². The highest BCUT2D eigenvalue weighted by molar-refractivity contribution is 6.74. The minimum Gasteiger partial charge on any atom is -0.417 e. The van der Waals surface area contributed by atoms with Gasteiger partial charge in [-0.05, 0) is 43.3 Å². The van der Waals surface area contributed by atoms with Crippen LogP contribution < -0.4 is 4.90 Å². The van der Waals surface area contributed by atoms with Crippen LogP contribution in [0, 0.1) is 5.92 Å². The molecule has 4 rings (SSSR count). The molecule has 0 amide bonds. The molecule has 5 heteroatoms. The van der Waals surface area contributed by atoms with Crippen LogP contribution in [-0.2, 0) is 4.43 Å². The third kappa shape index (κ3) is 5.76. The van der Waals surface area contributed by atoms with Crippen molar-refractivity contribution in [2.45, 2.75) is 58.2 Å². The summed E-state index contributed by atoms with van der Waals surface area (Å²) in [5.74, 6) is 1.61. The first kappa shape index (κ1) is 24.6. The van der Waals surface area contributed by atoms with Gasteiger partial charge in [-0.25, -0.2) is 4.98 Å². The van der Waals surface area contributed by atoms with Gasteiger partial charge in [-0.2, -0.15) is 0 Å². The van der Waals surface area contributed by atoms with E-state index in [1.807, 2.05) is 18.3 Å². The van der Waals surface area contributed by atoms with Crippen LogP contribution in [0.1, 0.15) is 40.0 Å². The maximum Gasteiger partial charge on any atom is 0.191 e. The van der Waals surface area contributed by atoms with Gasteiger partial charge in [0.05, 0.1) is 17.6 Å². The summed E-state index contributed by atoms with van der Waals surface area (Å²) < 4.78 is 6.47. The second kappa shape index (κ2) is 10.4. The summed E-state index contributed by atoms with van der Waals surface area (Å²) in [6.45, 7) is 14.5. The second-order valence-electron chi connectivity index (χ2n) is 11.0. The Balaban J connectivity index is 1.51. The zero-order valence-electron chi connectivity index (χ0n) is 21.4. The van der Waals surface area contributed by atoms with Gasteiger partial charge in [-0.3, -0.25) is 4.98 Å². The molecular formula is C29H39N3OSi. The van der Waals surface area contributed by atoms with E-state index in [0.717, 1.165) is 54.4 Å². The van der Waals surface area contributed by atoms with Crippen LogP contribution >= 0.6 is 0 Å². The Hall–Kier alpha value is -2.50. The Morgan fingerprint density at radius 2 is 1.56 bits per heavy atom. The molecule has 180 valence electrons. The molecule has 34 heavy (non-hydrogen) atoms. The van der Waals surface area contributed by atoms with E-state index in [-0.39, 0.29) is 5.04 Å². The zero-order chi connectivity index (χ0) is 24.2. The molecule has 0 radical (unpaired) electrons. The first-order chi connectivity index (χ1) is 16.2. The summed E-state index contributed by atoms with van der Waals surface area (Å²) in [4.78, 5) is 12.5. The van der Waals surface area contributed by atoms with E-state index >= 15 is 0 Å². The molecule has 1 fully saturated rings. The molecule has 0 bridgehead atoms. The zero-order valence-corrected chi connectivity index (χ0v) is 22.4. The lowest BCUT2D eigenvalue weighted by atomic mass is 9.95. The molecule has 0 N–H and O–H groups in total. The molecule has 1 atom stereocenters. The van der Waals surface area contributed by atoms with Crippen molar-refractivity contribution in [2.24, 2.45) is 5.92 Å². The Morgan fingerprint density at radius 3 is 2.18 bits per heavy atom. The van der Waals surface area contributed by atoms with Gasteiger partial charge in [0, 0.05) is 30.8 Å². The quantitative estimate of drug-likeness (QED) is 0.334. The third-order valence-electron chi connectivity index (χ3n) is 7.49. The number of hydrogen-bond donors (Lipinski definition) is 0. The molecule has 2 aromatic carbocycles. The predicted molar refractivity (Wildman–Crippen MR) is 146 cm³/mol. The molecule has 1 aliphatic rings. The number of nitrogens with zero attached hydrogens (tertiary/aromatic N) is 3. The standard InChI is InChI=1S/C29H39N3OSi/c1-29(2,3)34(4,5)33-20-18-23-13-12-19-32(22-23)26-21-30-27(24-14-8-6-9-15-24)28(31-26)25-16-10-7-11-17-25/h6-11,14-17,21,23H,12-13,18-20,22H2,1-5H3. The Labute approximate surface area is 206 Å². The number of anilines is 1. The average molecular weight is 474 g/mol. The average Bonchev–Trinajstić information content (AvgIpc) is 2.84. The number of piperidine rings is 1. The van der Waals surface area contributed by atoms with Crippen molar-refractivity contribution in [1.29, 1.82) is 0 Å². The van der Waals surface area contributed by atoms with E-state index in [2.05, 4.69) is 87.3 Å². The van der Waals surface area contributed by atoms with Crippen LogP contribution in [0.4, 0.5) is 5.82 Å². The lowest BCUT2D eigenvalue weighted by Crippen LogP contribution is -2.42. The van der Waals surface area contributed by atoms with Crippen LogP contribution in [0.25, 0.3) is 22.5 Å². The Kier molecular flexibility index (Phi) is 7.53. The number of rotatable bonds is 7. The normalized spacial score (nSPS) is 17.1. The summed E-state index contributed by atoms with van der Waals surface area (Å²) in [6, 6.07) is 20.8. The van der Waals surface area contributed by atoms with Crippen molar-refractivity contribution in [1.82, 2.24) is 9.97 Å². The highest BCUT2D eigenvalue weighted by Gasteiger charge is 2.37. The van der Waals surface area contributed by atoms with E-state index < -0.39 is 8.32 Å². The van der Waals surface area contributed by atoms with Crippen LogP contribution in [0.2, 0.25) is 18.1 Å². The molecular weight excluding hydrogens is 434 g/mol. The molecule has 1 aliphatic heterocycles. The van der Waals surface area contributed by atoms with E-state index in [4.69, 9.17) is 14.4 Å². The van der Waals surface area contributed by atoms with Gasteiger partial charge in [0.15, 0.2) is 8.32 Å². The lowest BCUT2D eigenvalue weighted by Gasteiger charge is -2.38. The summed E-state index contributed by atoms with van der Waals surface area (Å²) in [7, 11) is -1.69. The largest absolute Gasteiger partial charge is 0.417 e. The Bertz CT molecular complexity index is 1060. The first-order valence-electron chi connectivity index (χ1n) is 12.6. The summed E-state index contributed by atoms with van der Waals surface area (Å²) in [6.07, 6.45) is 5.53. The van der Waals surface area contributed by atoms with Crippen LogP contribution in [0.5, 0.6) is 0 Å². The van der Waals surface area contributed by atoms with Crippen molar-refractivity contribution in [3.63, 3.8) is 0 Å². The topological polar surface area (TPSA) is 38.2 Å². The van der Waals surface area contributed by atoms with Crippen LogP contribution in [0.15, 0.2) is 66.9 Å². The second-order valence-corrected chi connectivity index (χ2v) is 15.8. The van der Waals surface area contributed by atoms with Gasteiger partial charge in [-0.15, -0.1) is 0 Å². The molecule has 0 saturated carbocycles. The molecule has 0 aliphatic carbocycles. The Morgan fingerprint density at radius 1 is 0.941 bits per heavy atom. The summed E-state index contributed by atoms with van der Waals surface area (Å²) in [5, 5.41) is 0.259. The first-order valence-corrected chi connectivity index (χ1v) is 15.5. The third-order valence-corrected chi connectivity index (χ3v) is 12.0. The van der Waals surface area contributed by atoms with Crippen molar-refractivity contribution in [2.75, 3.05) is 24.6 Å². The highest BCUT2D eigenvalue weighted by atomic mass is 28.4. The van der Waals surface area contributed by atoms with E-state index in [9.17, 15) is 0 Å². The predicted octanol–water partition coefficient (Wildman–Crippen LogP) is 7.44. The monoisotopic (exact) mass is 473 g/mol.